The van der Waals surface area contributed by atoms with Crippen molar-refractivity contribution in [2.75, 3.05) is 0 Å². The molecule has 1 aliphatic carbocycles. The number of oxime groups is 1. The molecule has 0 fully saturated rings. The van der Waals surface area contributed by atoms with Crippen LogP contribution in [0.4, 0.5) is 8.78 Å². The average Bonchev–Trinajstić information content (AvgIpc) is 1.98. The molecule has 0 aromatic heterocycles. The Kier molecular flexibility index (Phi) is 2.47. The highest BCUT2D eigenvalue weighted by atomic mass is 35.5. The molecule has 0 radical (unpaired) electrons. The number of allylic oxidation sites excluding steroid dienone is 4. The van der Waals surface area contributed by atoms with E-state index in [9.17, 15) is 8.78 Å². The molecule has 0 amide bonds. The second-order valence-electron chi connectivity index (χ2n) is 2.35. The van der Waals surface area contributed by atoms with Crippen LogP contribution in [0.25, 0.3) is 0 Å². The first kappa shape index (κ1) is 9.19. The van der Waals surface area contributed by atoms with Crippen LogP contribution in [0.3, 0.4) is 0 Å². The molecule has 0 unspecified atom stereocenters. The van der Waals surface area contributed by atoms with E-state index < -0.39 is 16.9 Å². The number of halogens is 3. The molecule has 1 rings (SSSR count). The lowest BCUT2D eigenvalue weighted by Crippen LogP contribution is -2.26. The van der Waals surface area contributed by atoms with Crippen molar-refractivity contribution in [2.24, 2.45) is 11.1 Å². The van der Waals surface area contributed by atoms with Crippen molar-refractivity contribution >= 4 is 17.8 Å². The Labute approximate surface area is 72.8 Å². The van der Waals surface area contributed by atoms with Crippen LogP contribution < -0.4 is 0 Å². The summed E-state index contributed by atoms with van der Waals surface area (Å²) in [6.45, 7) is 0. The second kappa shape index (κ2) is 3.23. The smallest absolute Gasteiger partial charge is 0.213 e. The standard InChI is InChI=1S/C7H6ClF2NO/c8-7(10)2-1-6(9)3-5(7)4-11-12/h1-5,12H/b11-4-/t5-,7+/m0/s1. The van der Waals surface area contributed by atoms with Gasteiger partial charge in [-0.05, 0) is 18.2 Å². The Morgan fingerprint density at radius 2 is 2.42 bits per heavy atom. The molecule has 5 heteroatoms. The summed E-state index contributed by atoms with van der Waals surface area (Å²) in [5, 5.41) is 8.49. The quantitative estimate of drug-likeness (QED) is 0.295. The third-order valence-corrected chi connectivity index (χ3v) is 1.85. The van der Waals surface area contributed by atoms with E-state index in [1.807, 2.05) is 0 Å². The molecule has 0 bridgehead atoms. The van der Waals surface area contributed by atoms with Crippen molar-refractivity contribution in [1.82, 2.24) is 0 Å². The summed E-state index contributed by atoms with van der Waals surface area (Å²) in [5.41, 5.74) is 0. The molecule has 66 valence electrons. The molecule has 0 aromatic carbocycles. The molecule has 2 atom stereocenters. The number of hydrogen-bond donors (Lipinski definition) is 1. The third-order valence-electron chi connectivity index (χ3n) is 1.48. The zero-order valence-electron chi connectivity index (χ0n) is 5.92. The van der Waals surface area contributed by atoms with E-state index in [0.717, 1.165) is 24.4 Å². The normalized spacial score (nSPS) is 35.6. The van der Waals surface area contributed by atoms with Gasteiger partial charge in [0, 0.05) is 0 Å². The predicted molar refractivity (Wildman–Crippen MR) is 41.8 cm³/mol. The van der Waals surface area contributed by atoms with Gasteiger partial charge in [-0.25, -0.2) is 8.78 Å². The lowest BCUT2D eigenvalue weighted by atomic mass is 9.99. The minimum Gasteiger partial charge on any atom is -0.411 e. The summed E-state index contributed by atoms with van der Waals surface area (Å²) in [7, 11) is 0. The summed E-state index contributed by atoms with van der Waals surface area (Å²) >= 11 is 5.32. The van der Waals surface area contributed by atoms with Crippen LogP contribution >= 0.6 is 11.6 Å². The molecule has 12 heavy (non-hydrogen) atoms. The number of nitrogens with zero attached hydrogens (tertiary/aromatic N) is 1. The van der Waals surface area contributed by atoms with Gasteiger partial charge >= 0.3 is 0 Å². The van der Waals surface area contributed by atoms with Gasteiger partial charge in [0.1, 0.15) is 5.83 Å². The molecule has 1 N–H and O–H groups in total. The Bertz CT molecular complexity index is 260. The maximum atomic E-state index is 13.2. The highest BCUT2D eigenvalue weighted by Crippen LogP contribution is 2.33. The molecular formula is C7H6ClF2NO. The van der Waals surface area contributed by atoms with Gasteiger partial charge in [0.2, 0.25) is 5.13 Å². The van der Waals surface area contributed by atoms with Crippen LogP contribution in [0.15, 0.2) is 29.2 Å². The van der Waals surface area contributed by atoms with Gasteiger partial charge in [0.05, 0.1) is 12.1 Å². The lowest BCUT2D eigenvalue weighted by Gasteiger charge is -2.21. The van der Waals surface area contributed by atoms with Gasteiger partial charge < -0.3 is 5.21 Å². The maximum Gasteiger partial charge on any atom is 0.213 e. The zero-order valence-corrected chi connectivity index (χ0v) is 6.67. The van der Waals surface area contributed by atoms with Gasteiger partial charge in [0.15, 0.2) is 0 Å². The first-order chi connectivity index (χ1) is 5.56. The largest absolute Gasteiger partial charge is 0.411 e. The minimum absolute atomic E-state index is 0.603. The van der Waals surface area contributed by atoms with E-state index in [0.29, 0.717) is 0 Å². The fourth-order valence-electron chi connectivity index (χ4n) is 0.854. The minimum atomic E-state index is -2.21. The SMILES string of the molecule is O/N=C\[C@@H]1C=C(F)C=C[C@]1(F)Cl. The average molecular weight is 194 g/mol. The highest BCUT2D eigenvalue weighted by Gasteiger charge is 2.34. The fourth-order valence-corrected chi connectivity index (χ4v) is 1.04. The van der Waals surface area contributed by atoms with E-state index in [1.165, 1.54) is 0 Å². The summed E-state index contributed by atoms with van der Waals surface area (Å²) < 4.78 is 25.7. The molecular weight excluding hydrogens is 188 g/mol. The Balaban J connectivity index is 2.90. The van der Waals surface area contributed by atoms with Crippen molar-refractivity contribution in [3.63, 3.8) is 0 Å². The van der Waals surface area contributed by atoms with E-state index in [2.05, 4.69) is 5.16 Å². The topological polar surface area (TPSA) is 32.6 Å². The molecule has 0 aliphatic heterocycles. The summed E-state index contributed by atoms with van der Waals surface area (Å²) in [5.74, 6) is -1.68. The van der Waals surface area contributed by atoms with Gasteiger partial charge in [-0.15, -0.1) is 5.16 Å². The fraction of sp³-hybridized carbons (Fsp3) is 0.286. The summed E-state index contributed by atoms with van der Waals surface area (Å²) in [6.07, 6.45) is 3.56. The van der Waals surface area contributed by atoms with Crippen molar-refractivity contribution < 1.29 is 14.0 Å². The molecule has 2 nitrogen and oxygen atoms in total. The summed E-state index contributed by atoms with van der Waals surface area (Å²) in [6, 6.07) is 0. The van der Waals surface area contributed by atoms with E-state index >= 15 is 0 Å². The van der Waals surface area contributed by atoms with Crippen LogP contribution in [-0.4, -0.2) is 16.5 Å². The monoisotopic (exact) mass is 193 g/mol. The number of hydrogen-bond acceptors (Lipinski definition) is 2. The van der Waals surface area contributed by atoms with Crippen molar-refractivity contribution in [3.8, 4) is 0 Å². The van der Waals surface area contributed by atoms with E-state index in [4.69, 9.17) is 16.8 Å². The van der Waals surface area contributed by atoms with Crippen LogP contribution in [0.2, 0.25) is 0 Å². The number of alkyl halides is 2. The predicted octanol–water partition coefficient (Wildman–Crippen LogP) is 2.39. The van der Waals surface area contributed by atoms with Gasteiger partial charge in [-0.3, -0.25) is 0 Å². The third kappa shape index (κ3) is 1.82. The zero-order chi connectivity index (χ0) is 9.19. The Morgan fingerprint density at radius 3 is 3.00 bits per heavy atom. The van der Waals surface area contributed by atoms with Crippen LogP contribution in [-0.2, 0) is 0 Å². The van der Waals surface area contributed by atoms with Crippen LogP contribution in [0.5, 0.6) is 0 Å². The second-order valence-corrected chi connectivity index (χ2v) is 2.93. The Morgan fingerprint density at radius 1 is 1.75 bits per heavy atom. The molecule has 0 heterocycles. The Hall–Kier alpha value is -0.900. The number of rotatable bonds is 1. The van der Waals surface area contributed by atoms with Gasteiger partial charge in [0.25, 0.3) is 0 Å². The summed E-state index contributed by atoms with van der Waals surface area (Å²) in [4.78, 5) is 0. The van der Waals surface area contributed by atoms with Crippen LogP contribution in [0.1, 0.15) is 0 Å². The highest BCUT2D eigenvalue weighted by molar-refractivity contribution is 6.25. The van der Waals surface area contributed by atoms with Gasteiger partial charge in [-0.2, -0.15) is 0 Å². The van der Waals surface area contributed by atoms with E-state index in [-0.39, 0.29) is 0 Å². The first-order valence-electron chi connectivity index (χ1n) is 3.18. The molecule has 0 saturated carbocycles. The molecule has 0 saturated heterocycles. The van der Waals surface area contributed by atoms with Crippen LogP contribution in [0, 0.1) is 5.92 Å². The van der Waals surface area contributed by atoms with Crippen molar-refractivity contribution in [2.45, 2.75) is 5.13 Å². The maximum absolute atomic E-state index is 13.2. The molecule has 1 aliphatic rings. The van der Waals surface area contributed by atoms with E-state index in [1.54, 1.807) is 0 Å². The molecule has 0 aromatic rings. The first-order valence-corrected chi connectivity index (χ1v) is 3.56. The van der Waals surface area contributed by atoms with Gasteiger partial charge in [-0.1, -0.05) is 11.6 Å². The van der Waals surface area contributed by atoms with Crippen molar-refractivity contribution in [1.29, 1.82) is 0 Å². The molecule has 0 spiro atoms. The lowest BCUT2D eigenvalue weighted by molar-refractivity contribution is 0.291. The van der Waals surface area contributed by atoms with Crippen molar-refractivity contribution in [3.05, 3.63) is 24.1 Å².